The van der Waals surface area contributed by atoms with E-state index in [9.17, 15) is 13.2 Å². The third-order valence-corrected chi connectivity index (χ3v) is 6.96. The number of hydrogen-bond donors (Lipinski definition) is 0. The molecule has 6 nitrogen and oxygen atoms in total. The lowest BCUT2D eigenvalue weighted by Gasteiger charge is -2.43. The molecule has 1 aromatic carbocycles. The summed E-state index contributed by atoms with van der Waals surface area (Å²) in [7, 11) is -3.18. The highest BCUT2D eigenvalue weighted by Crippen LogP contribution is 2.32. The van der Waals surface area contributed by atoms with Crippen LogP contribution >= 0.6 is 0 Å². The van der Waals surface area contributed by atoms with Gasteiger partial charge in [0.1, 0.15) is 5.76 Å². The van der Waals surface area contributed by atoms with Crippen LogP contribution in [0.15, 0.2) is 47.1 Å². The van der Waals surface area contributed by atoms with E-state index in [1.807, 2.05) is 35.2 Å². The molecule has 1 aromatic heterocycles. The van der Waals surface area contributed by atoms with E-state index in [0.717, 1.165) is 17.9 Å². The van der Waals surface area contributed by atoms with Gasteiger partial charge in [0.2, 0.25) is 5.91 Å². The van der Waals surface area contributed by atoms with E-state index in [4.69, 9.17) is 4.42 Å². The number of carbonyl (C=O) groups is 1. The fourth-order valence-electron chi connectivity index (χ4n) is 3.96. The molecular formula is C19H22N2O4S. The normalized spacial score (nSPS) is 25.4. The van der Waals surface area contributed by atoms with Crippen molar-refractivity contribution < 1.29 is 17.6 Å². The van der Waals surface area contributed by atoms with Gasteiger partial charge in [-0.2, -0.15) is 0 Å². The Kier molecular flexibility index (Phi) is 4.36. The maximum Gasteiger partial charge on any atom is 0.241 e. The minimum absolute atomic E-state index is 0.00753. The lowest BCUT2D eigenvalue weighted by molar-refractivity contribution is -0.123. The minimum Gasteiger partial charge on any atom is -0.468 e. The zero-order chi connectivity index (χ0) is 18.3. The second-order valence-electron chi connectivity index (χ2n) is 6.98. The zero-order valence-electron chi connectivity index (χ0n) is 14.7. The predicted molar refractivity (Wildman–Crippen MR) is 98.7 cm³/mol. The molecule has 0 spiro atoms. The van der Waals surface area contributed by atoms with E-state index in [1.54, 1.807) is 17.2 Å². The molecule has 2 aromatic rings. The molecule has 4 rings (SSSR count). The lowest BCUT2D eigenvalue weighted by atomic mass is 10.0. The first-order valence-electron chi connectivity index (χ1n) is 8.85. The largest absolute Gasteiger partial charge is 0.468 e. The summed E-state index contributed by atoms with van der Waals surface area (Å²) in [5.41, 5.74) is 1.96. The molecule has 1 amide bonds. The van der Waals surface area contributed by atoms with Gasteiger partial charge in [0.05, 0.1) is 36.9 Å². The van der Waals surface area contributed by atoms with Crippen molar-refractivity contribution in [2.45, 2.75) is 32.0 Å². The Bertz CT molecular complexity index is 890. The highest BCUT2D eigenvalue weighted by molar-refractivity contribution is 7.91. The van der Waals surface area contributed by atoms with Crippen LogP contribution in [0.25, 0.3) is 0 Å². The number of furan rings is 1. The van der Waals surface area contributed by atoms with Gasteiger partial charge < -0.3 is 9.32 Å². The molecule has 2 unspecified atom stereocenters. The highest BCUT2D eigenvalue weighted by atomic mass is 32.2. The number of hydrogen-bond acceptors (Lipinski definition) is 5. The fourth-order valence-corrected chi connectivity index (χ4v) is 5.94. The van der Waals surface area contributed by atoms with Crippen LogP contribution in [0, 0.1) is 0 Å². The van der Waals surface area contributed by atoms with Crippen molar-refractivity contribution in [1.29, 1.82) is 0 Å². The van der Waals surface area contributed by atoms with Gasteiger partial charge >= 0.3 is 0 Å². The maximum absolute atomic E-state index is 12.9. The summed E-state index contributed by atoms with van der Waals surface area (Å²) in [6, 6.07) is 10.9. The van der Waals surface area contributed by atoms with E-state index in [2.05, 4.69) is 6.92 Å². The number of aryl methyl sites for hydroxylation is 1. The third kappa shape index (κ3) is 3.17. The topological polar surface area (TPSA) is 70.8 Å². The standard InChI is InChI=1S/C19H22N2O4S/c1-2-14-5-7-15(8-6-14)21-18-13-26(23,24)12-17(18)20(11-19(21)22)10-16-4-3-9-25-16/h3-9,17-18H,2,10-13H2,1H3. The summed E-state index contributed by atoms with van der Waals surface area (Å²) in [6.07, 6.45) is 2.51. The van der Waals surface area contributed by atoms with Crippen LogP contribution in [-0.4, -0.2) is 49.4 Å². The van der Waals surface area contributed by atoms with Crippen LogP contribution in [-0.2, 0) is 27.6 Å². The van der Waals surface area contributed by atoms with Crippen molar-refractivity contribution in [3.05, 3.63) is 54.0 Å². The van der Waals surface area contributed by atoms with Gasteiger partial charge in [-0.1, -0.05) is 19.1 Å². The first-order valence-corrected chi connectivity index (χ1v) is 10.7. The van der Waals surface area contributed by atoms with Gasteiger partial charge in [0, 0.05) is 11.7 Å². The van der Waals surface area contributed by atoms with Crippen molar-refractivity contribution in [3.63, 3.8) is 0 Å². The molecule has 0 bridgehead atoms. The Labute approximate surface area is 153 Å². The lowest BCUT2D eigenvalue weighted by Crippen LogP contribution is -2.61. The van der Waals surface area contributed by atoms with Crippen molar-refractivity contribution in [1.82, 2.24) is 4.90 Å². The Morgan fingerprint density at radius 3 is 2.50 bits per heavy atom. The molecule has 2 atom stereocenters. The number of amides is 1. The molecule has 0 saturated carbocycles. The molecule has 2 aliphatic heterocycles. The molecule has 0 radical (unpaired) electrons. The third-order valence-electron chi connectivity index (χ3n) is 5.26. The zero-order valence-corrected chi connectivity index (χ0v) is 15.5. The number of benzene rings is 1. The van der Waals surface area contributed by atoms with Crippen molar-refractivity contribution in [3.8, 4) is 0 Å². The molecule has 2 aliphatic rings. The van der Waals surface area contributed by atoms with Gasteiger partial charge in [-0.25, -0.2) is 8.42 Å². The Balaban J connectivity index is 1.66. The second-order valence-corrected chi connectivity index (χ2v) is 9.13. The molecule has 7 heteroatoms. The first-order chi connectivity index (χ1) is 12.5. The van der Waals surface area contributed by atoms with Gasteiger partial charge in [-0.3, -0.25) is 9.69 Å². The number of anilines is 1. The van der Waals surface area contributed by atoms with E-state index >= 15 is 0 Å². The number of piperazine rings is 1. The average Bonchev–Trinajstić information content (AvgIpc) is 3.22. The summed E-state index contributed by atoms with van der Waals surface area (Å²) < 4.78 is 30.1. The molecule has 2 fully saturated rings. The Morgan fingerprint density at radius 1 is 1.12 bits per heavy atom. The molecule has 2 saturated heterocycles. The van der Waals surface area contributed by atoms with Crippen LogP contribution < -0.4 is 4.90 Å². The van der Waals surface area contributed by atoms with E-state index < -0.39 is 9.84 Å². The maximum atomic E-state index is 12.9. The van der Waals surface area contributed by atoms with Crippen LogP contribution in [0.3, 0.4) is 0 Å². The number of carbonyl (C=O) groups excluding carboxylic acids is 1. The summed E-state index contributed by atoms with van der Waals surface area (Å²) >= 11 is 0. The number of sulfone groups is 1. The first kappa shape index (κ1) is 17.3. The van der Waals surface area contributed by atoms with Gasteiger partial charge in [0.15, 0.2) is 9.84 Å². The average molecular weight is 374 g/mol. The van der Waals surface area contributed by atoms with Crippen LogP contribution in [0.1, 0.15) is 18.2 Å². The van der Waals surface area contributed by atoms with E-state index in [0.29, 0.717) is 6.54 Å². The second kappa shape index (κ2) is 6.55. The van der Waals surface area contributed by atoms with E-state index in [1.165, 1.54) is 5.56 Å². The quantitative estimate of drug-likeness (QED) is 0.817. The van der Waals surface area contributed by atoms with Crippen LogP contribution in [0.5, 0.6) is 0 Å². The SMILES string of the molecule is CCc1ccc(N2C(=O)CN(Cc3ccco3)C3CS(=O)(=O)CC32)cc1. The van der Waals surface area contributed by atoms with Gasteiger partial charge in [-0.15, -0.1) is 0 Å². The fraction of sp³-hybridized carbons (Fsp3) is 0.421. The van der Waals surface area contributed by atoms with Crippen LogP contribution in [0.4, 0.5) is 5.69 Å². The van der Waals surface area contributed by atoms with Gasteiger partial charge in [-0.05, 0) is 36.2 Å². The smallest absolute Gasteiger partial charge is 0.241 e. The minimum atomic E-state index is -3.18. The number of rotatable bonds is 4. The van der Waals surface area contributed by atoms with Gasteiger partial charge in [0.25, 0.3) is 0 Å². The molecule has 0 aliphatic carbocycles. The van der Waals surface area contributed by atoms with Crippen molar-refractivity contribution in [2.24, 2.45) is 0 Å². The monoisotopic (exact) mass is 374 g/mol. The summed E-state index contributed by atoms with van der Waals surface area (Å²) in [4.78, 5) is 16.5. The highest BCUT2D eigenvalue weighted by Gasteiger charge is 2.49. The summed E-state index contributed by atoms with van der Waals surface area (Å²) in [5.74, 6) is 0.753. The molecule has 0 N–H and O–H groups in total. The molecular weight excluding hydrogens is 352 g/mol. The summed E-state index contributed by atoms with van der Waals surface area (Å²) in [5, 5.41) is 0. The molecule has 26 heavy (non-hydrogen) atoms. The Morgan fingerprint density at radius 2 is 1.85 bits per heavy atom. The summed E-state index contributed by atoms with van der Waals surface area (Å²) in [6.45, 7) is 2.71. The van der Waals surface area contributed by atoms with Crippen molar-refractivity contribution in [2.75, 3.05) is 23.0 Å². The number of nitrogens with zero attached hydrogens (tertiary/aromatic N) is 2. The van der Waals surface area contributed by atoms with Crippen molar-refractivity contribution >= 4 is 21.4 Å². The van der Waals surface area contributed by atoms with Crippen LogP contribution in [0.2, 0.25) is 0 Å². The molecule has 3 heterocycles. The Hall–Kier alpha value is -2.12. The molecule has 138 valence electrons. The van der Waals surface area contributed by atoms with E-state index in [-0.39, 0.29) is 36.0 Å². The predicted octanol–water partition coefficient (Wildman–Crippen LogP) is 1.86. The number of fused-ring (bicyclic) bond motifs is 1.